The van der Waals surface area contributed by atoms with Gasteiger partial charge in [0.1, 0.15) is 5.75 Å². The van der Waals surface area contributed by atoms with Gasteiger partial charge in [-0.2, -0.15) is 0 Å². The summed E-state index contributed by atoms with van der Waals surface area (Å²) in [5.74, 6) is 1.62. The minimum absolute atomic E-state index is 0.280. The van der Waals surface area contributed by atoms with Gasteiger partial charge in [0.15, 0.2) is 11.5 Å². The summed E-state index contributed by atoms with van der Waals surface area (Å²) in [5.41, 5.74) is 2.58. The molecule has 0 aliphatic heterocycles. The summed E-state index contributed by atoms with van der Waals surface area (Å²) < 4.78 is 15.6. The van der Waals surface area contributed by atoms with Gasteiger partial charge in [0, 0.05) is 23.6 Å². The molecule has 0 unspecified atom stereocenters. The van der Waals surface area contributed by atoms with Crippen molar-refractivity contribution >= 4 is 23.0 Å². The number of aromatic nitrogens is 1. The molecule has 0 saturated carbocycles. The van der Waals surface area contributed by atoms with Crippen LogP contribution in [-0.2, 0) is 0 Å². The van der Waals surface area contributed by atoms with Crippen molar-refractivity contribution in [1.29, 1.82) is 0 Å². The van der Waals surface area contributed by atoms with E-state index >= 15 is 0 Å². The van der Waals surface area contributed by atoms with Gasteiger partial charge in [-0.3, -0.25) is 9.78 Å². The lowest BCUT2D eigenvalue weighted by molar-refractivity contribution is 0.102. The number of nitrogens with zero attached hydrogens (tertiary/aromatic N) is 1. The number of amides is 1. The molecule has 144 valence electrons. The van der Waals surface area contributed by atoms with E-state index in [4.69, 9.17) is 14.2 Å². The molecule has 0 fully saturated rings. The number of carbonyl (C=O) groups is 1. The van der Waals surface area contributed by atoms with E-state index in [0.29, 0.717) is 28.4 Å². The molecule has 1 heterocycles. The number of anilines is 3. The molecule has 0 bridgehead atoms. The molecule has 1 amide bonds. The van der Waals surface area contributed by atoms with Crippen LogP contribution in [0.4, 0.5) is 17.1 Å². The summed E-state index contributed by atoms with van der Waals surface area (Å²) in [5, 5.41) is 6.04. The maximum atomic E-state index is 12.6. The summed E-state index contributed by atoms with van der Waals surface area (Å²) in [7, 11) is 4.72. The van der Waals surface area contributed by atoms with Gasteiger partial charge in [-0.25, -0.2) is 0 Å². The van der Waals surface area contributed by atoms with Crippen molar-refractivity contribution in [2.45, 2.75) is 0 Å². The van der Waals surface area contributed by atoms with Gasteiger partial charge in [0.05, 0.1) is 38.8 Å². The van der Waals surface area contributed by atoms with E-state index in [1.54, 1.807) is 51.8 Å². The van der Waals surface area contributed by atoms with Crippen molar-refractivity contribution in [1.82, 2.24) is 4.98 Å². The predicted molar refractivity (Wildman–Crippen MR) is 108 cm³/mol. The van der Waals surface area contributed by atoms with Crippen LogP contribution < -0.4 is 24.8 Å². The maximum Gasteiger partial charge on any atom is 0.257 e. The fourth-order valence-corrected chi connectivity index (χ4v) is 2.59. The average Bonchev–Trinajstić information content (AvgIpc) is 2.74. The molecule has 0 aliphatic carbocycles. The largest absolute Gasteiger partial charge is 0.497 e. The van der Waals surface area contributed by atoms with E-state index in [1.807, 2.05) is 24.3 Å². The van der Waals surface area contributed by atoms with Crippen LogP contribution in [0.2, 0.25) is 0 Å². The average molecular weight is 379 g/mol. The molecule has 0 saturated heterocycles. The minimum atomic E-state index is -0.280. The summed E-state index contributed by atoms with van der Waals surface area (Å²) in [6.07, 6.45) is 3.16. The molecule has 1 aromatic heterocycles. The van der Waals surface area contributed by atoms with Crippen LogP contribution in [0.3, 0.4) is 0 Å². The normalized spacial score (nSPS) is 10.1. The number of hydrogen-bond acceptors (Lipinski definition) is 6. The second kappa shape index (κ2) is 8.77. The first-order valence-electron chi connectivity index (χ1n) is 8.52. The van der Waals surface area contributed by atoms with Gasteiger partial charge in [-0.1, -0.05) is 0 Å². The number of nitrogens with one attached hydrogen (secondary N) is 2. The monoisotopic (exact) mass is 379 g/mol. The molecular formula is C21H21N3O4. The SMILES string of the molecule is COc1ccc(Nc2cncc(C(=O)Nc3ccc(OC)c(OC)c3)c2)cc1. The zero-order valence-corrected chi connectivity index (χ0v) is 15.9. The number of benzene rings is 2. The van der Waals surface area contributed by atoms with Crippen LogP contribution in [-0.4, -0.2) is 32.2 Å². The molecule has 3 aromatic rings. The molecule has 0 spiro atoms. The Labute approximate surface area is 163 Å². The Morgan fingerprint density at radius 3 is 2.18 bits per heavy atom. The number of pyridine rings is 1. The van der Waals surface area contributed by atoms with Crippen molar-refractivity contribution in [2.24, 2.45) is 0 Å². The summed E-state index contributed by atoms with van der Waals surface area (Å²) in [6.45, 7) is 0. The lowest BCUT2D eigenvalue weighted by Crippen LogP contribution is -2.12. The topological polar surface area (TPSA) is 81.7 Å². The van der Waals surface area contributed by atoms with E-state index in [-0.39, 0.29) is 5.91 Å². The predicted octanol–water partition coefficient (Wildman–Crippen LogP) is 4.10. The molecule has 7 nitrogen and oxygen atoms in total. The molecular weight excluding hydrogens is 358 g/mol. The summed E-state index contributed by atoms with van der Waals surface area (Å²) >= 11 is 0. The zero-order chi connectivity index (χ0) is 19.9. The third-order valence-electron chi connectivity index (χ3n) is 4.02. The molecule has 0 aliphatic rings. The van der Waals surface area contributed by atoms with Crippen LogP contribution in [0.1, 0.15) is 10.4 Å². The van der Waals surface area contributed by atoms with E-state index in [0.717, 1.165) is 11.4 Å². The number of methoxy groups -OCH3 is 3. The second-order valence-electron chi connectivity index (χ2n) is 5.84. The second-order valence-corrected chi connectivity index (χ2v) is 5.84. The Kier molecular flexibility index (Phi) is 5.96. The summed E-state index contributed by atoms with van der Waals surface area (Å²) in [4.78, 5) is 16.7. The molecule has 7 heteroatoms. The van der Waals surface area contributed by atoms with E-state index in [2.05, 4.69) is 15.6 Å². The fourth-order valence-electron chi connectivity index (χ4n) is 2.59. The zero-order valence-electron chi connectivity index (χ0n) is 15.9. The lowest BCUT2D eigenvalue weighted by Gasteiger charge is -2.11. The molecule has 2 aromatic carbocycles. The standard InChI is InChI=1S/C21H21N3O4/c1-26-18-7-4-15(5-8-18)23-17-10-14(12-22-13-17)21(25)24-16-6-9-19(27-2)20(11-16)28-3/h4-13,23H,1-3H3,(H,24,25). The molecule has 2 N–H and O–H groups in total. The van der Waals surface area contributed by atoms with Crippen LogP contribution in [0.25, 0.3) is 0 Å². The van der Waals surface area contributed by atoms with E-state index < -0.39 is 0 Å². The first-order chi connectivity index (χ1) is 13.6. The quantitative estimate of drug-likeness (QED) is 0.643. The Morgan fingerprint density at radius 1 is 0.786 bits per heavy atom. The fraction of sp³-hybridized carbons (Fsp3) is 0.143. The minimum Gasteiger partial charge on any atom is -0.497 e. The first-order valence-corrected chi connectivity index (χ1v) is 8.52. The molecule has 3 rings (SSSR count). The Bertz CT molecular complexity index is 958. The highest BCUT2D eigenvalue weighted by atomic mass is 16.5. The van der Waals surface area contributed by atoms with Gasteiger partial charge in [0.25, 0.3) is 5.91 Å². The maximum absolute atomic E-state index is 12.6. The van der Waals surface area contributed by atoms with E-state index in [1.165, 1.54) is 6.20 Å². The number of hydrogen-bond donors (Lipinski definition) is 2. The molecule has 0 atom stereocenters. The van der Waals surface area contributed by atoms with Crippen molar-refractivity contribution in [3.05, 3.63) is 66.5 Å². The van der Waals surface area contributed by atoms with Gasteiger partial charge < -0.3 is 24.8 Å². The van der Waals surface area contributed by atoms with E-state index in [9.17, 15) is 4.79 Å². The van der Waals surface area contributed by atoms with Crippen LogP contribution in [0, 0.1) is 0 Å². The number of rotatable bonds is 7. The van der Waals surface area contributed by atoms with Crippen molar-refractivity contribution in [3.63, 3.8) is 0 Å². The lowest BCUT2D eigenvalue weighted by atomic mass is 10.2. The Balaban J connectivity index is 1.73. The van der Waals surface area contributed by atoms with Gasteiger partial charge in [0.2, 0.25) is 0 Å². The summed E-state index contributed by atoms with van der Waals surface area (Å²) in [6, 6.07) is 14.4. The highest BCUT2D eigenvalue weighted by Gasteiger charge is 2.10. The van der Waals surface area contributed by atoms with Crippen molar-refractivity contribution in [2.75, 3.05) is 32.0 Å². The van der Waals surface area contributed by atoms with Crippen molar-refractivity contribution < 1.29 is 19.0 Å². The number of carbonyl (C=O) groups excluding carboxylic acids is 1. The number of ether oxygens (including phenoxy) is 3. The van der Waals surface area contributed by atoms with Gasteiger partial charge in [-0.05, 0) is 42.5 Å². The van der Waals surface area contributed by atoms with Gasteiger partial charge >= 0.3 is 0 Å². The highest BCUT2D eigenvalue weighted by molar-refractivity contribution is 6.04. The molecule has 0 radical (unpaired) electrons. The Hall–Kier alpha value is -3.74. The van der Waals surface area contributed by atoms with Gasteiger partial charge in [-0.15, -0.1) is 0 Å². The van der Waals surface area contributed by atoms with Crippen LogP contribution >= 0.6 is 0 Å². The first kappa shape index (κ1) is 19.0. The highest BCUT2D eigenvalue weighted by Crippen LogP contribution is 2.30. The van der Waals surface area contributed by atoms with Crippen molar-refractivity contribution in [3.8, 4) is 17.2 Å². The van der Waals surface area contributed by atoms with Crippen LogP contribution in [0.5, 0.6) is 17.2 Å². The third kappa shape index (κ3) is 4.50. The third-order valence-corrected chi connectivity index (χ3v) is 4.02. The smallest absolute Gasteiger partial charge is 0.257 e. The Morgan fingerprint density at radius 2 is 1.50 bits per heavy atom. The van der Waals surface area contributed by atoms with Crippen LogP contribution in [0.15, 0.2) is 60.9 Å². The molecule has 28 heavy (non-hydrogen) atoms.